The van der Waals surface area contributed by atoms with E-state index >= 15 is 0 Å². The van der Waals surface area contributed by atoms with Gasteiger partial charge in [0, 0.05) is 22.6 Å². The summed E-state index contributed by atoms with van der Waals surface area (Å²) in [7, 11) is 0. The van der Waals surface area contributed by atoms with E-state index in [1.807, 2.05) is 0 Å². The van der Waals surface area contributed by atoms with Gasteiger partial charge in [-0.05, 0) is 18.8 Å². The molecule has 0 saturated heterocycles. The largest absolute Gasteiger partial charge is 0.321 e. The van der Waals surface area contributed by atoms with E-state index in [9.17, 15) is 4.79 Å². The first-order chi connectivity index (χ1) is 3.72. The lowest BCUT2D eigenvalue weighted by molar-refractivity contribution is -0.110. The van der Waals surface area contributed by atoms with E-state index in [1.165, 1.54) is 0 Å². The number of rotatable bonds is 2. The molecule has 1 rings (SSSR count). The quantitative estimate of drug-likeness (QED) is 0.554. The summed E-state index contributed by atoms with van der Waals surface area (Å²) in [5, 5.41) is 0. The van der Waals surface area contributed by atoms with Crippen molar-refractivity contribution >= 4 is 26.4 Å². The van der Waals surface area contributed by atoms with Crippen molar-refractivity contribution in [3.63, 3.8) is 0 Å². The summed E-state index contributed by atoms with van der Waals surface area (Å²) in [5.41, 5.74) is 5.46. The summed E-state index contributed by atoms with van der Waals surface area (Å²) >= 11 is 1.76. The minimum absolute atomic E-state index is 0.102. The first kappa shape index (κ1) is 6.48. The normalized spacial score (nSPS) is 22.8. The molecule has 1 saturated carbocycles. The summed E-state index contributed by atoms with van der Waals surface area (Å²) in [6.07, 6.45) is 2.30. The highest BCUT2D eigenvalue weighted by Gasteiger charge is 2.31. The topological polar surface area (TPSA) is 43.1 Å². The standard InChI is InChI=1S/C5H8INO/c6-5(8)4(7)3-1-2-3/h3-4H,1-2,7H2. The highest BCUT2D eigenvalue weighted by Crippen LogP contribution is 2.32. The fourth-order valence-corrected chi connectivity index (χ4v) is 1.15. The first-order valence-corrected chi connectivity index (χ1v) is 3.74. The zero-order valence-electron chi connectivity index (χ0n) is 4.43. The van der Waals surface area contributed by atoms with E-state index in [4.69, 9.17) is 5.73 Å². The lowest BCUT2D eigenvalue weighted by Gasteiger charge is -2.00. The van der Waals surface area contributed by atoms with Crippen molar-refractivity contribution in [2.75, 3.05) is 0 Å². The Hall–Kier alpha value is 0.360. The second kappa shape index (κ2) is 2.31. The van der Waals surface area contributed by atoms with Crippen molar-refractivity contribution in [3.8, 4) is 0 Å². The Balaban J connectivity index is 2.32. The van der Waals surface area contributed by atoms with E-state index in [2.05, 4.69) is 0 Å². The number of halogens is 1. The summed E-state index contributed by atoms with van der Waals surface area (Å²) in [5.74, 6) is 0.513. The average molecular weight is 225 g/mol. The SMILES string of the molecule is NC(C(=O)I)C1CC1. The fourth-order valence-electron chi connectivity index (χ4n) is 0.641. The van der Waals surface area contributed by atoms with Gasteiger partial charge in [-0.3, -0.25) is 4.79 Å². The lowest BCUT2D eigenvalue weighted by Crippen LogP contribution is -2.28. The van der Waals surface area contributed by atoms with Crippen LogP contribution in [0.25, 0.3) is 0 Å². The van der Waals surface area contributed by atoms with E-state index in [1.54, 1.807) is 22.6 Å². The maximum atomic E-state index is 10.5. The van der Waals surface area contributed by atoms with Gasteiger partial charge in [0.1, 0.15) is 0 Å². The predicted molar refractivity (Wildman–Crippen MR) is 39.7 cm³/mol. The van der Waals surface area contributed by atoms with Gasteiger partial charge in [0.25, 0.3) is 0 Å². The van der Waals surface area contributed by atoms with Gasteiger partial charge in [-0.25, -0.2) is 0 Å². The van der Waals surface area contributed by atoms with Crippen LogP contribution in [-0.2, 0) is 4.79 Å². The highest BCUT2D eigenvalue weighted by atomic mass is 127. The molecule has 0 aromatic rings. The second-order valence-corrected chi connectivity index (χ2v) is 3.23. The van der Waals surface area contributed by atoms with Crippen LogP contribution < -0.4 is 5.73 Å². The van der Waals surface area contributed by atoms with Gasteiger partial charge in [0.05, 0.1) is 6.04 Å². The Kier molecular flexibility index (Phi) is 1.87. The summed E-state index contributed by atoms with van der Waals surface area (Å²) in [6, 6.07) is -0.171. The molecular formula is C5H8INO. The fraction of sp³-hybridized carbons (Fsp3) is 0.800. The molecule has 1 aliphatic rings. The van der Waals surface area contributed by atoms with Crippen LogP contribution in [0.4, 0.5) is 0 Å². The van der Waals surface area contributed by atoms with E-state index in [0.29, 0.717) is 5.92 Å². The molecule has 2 nitrogen and oxygen atoms in total. The number of hydrogen-bond acceptors (Lipinski definition) is 2. The number of hydrogen-bond donors (Lipinski definition) is 1. The van der Waals surface area contributed by atoms with Crippen LogP contribution in [0, 0.1) is 5.92 Å². The van der Waals surface area contributed by atoms with Gasteiger partial charge < -0.3 is 5.73 Å². The van der Waals surface area contributed by atoms with Gasteiger partial charge in [-0.15, -0.1) is 0 Å². The van der Waals surface area contributed by atoms with Gasteiger partial charge in [0.2, 0.25) is 3.79 Å². The van der Waals surface area contributed by atoms with Crippen LogP contribution in [0.15, 0.2) is 0 Å². The van der Waals surface area contributed by atoms with Crippen LogP contribution in [0.3, 0.4) is 0 Å². The van der Waals surface area contributed by atoms with Gasteiger partial charge in [0.15, 0.2) is 0 Å². The lowest BCUT2D eigenvalue weighted by atomic mass is 10.2. The van der Waals surface area contributed by atoms with Crippen molar-refractivity contribution in [3.05, 3.63) is 0 Å². The maximum absolute atomic E-state index is 10.5. The molecule has 0 aliphatic heterocycles. The van der Waals surface area contributed by atoms with E-state index in [-0.39, 0.29) is 9.83 Å². The minimum Gasteiger partial charge on any atom is -0.321 e. The Labute approximate surface area is 62.0 Å². The number of carbonyl (C=O) groups is 1. The molecule has 8 heavy (non-hydrogen) atoms. The van der Waals surface area contributed by atoms with Crippen LogP contribution in [0.5, 0.6) is 0 Å². The minimum atomic E-state index is -0.171. The molecule has 46 valence electrons. The van der Waals surface area contributed by atoms with E-state index in [0.717, 1.165) is 12.8 Å². The Morgan fingerprint density at radius 1 is 1.75 bits per heavy atom. The first-order valence-electron chi connectivity index (χ1n) is 2.66. The molecule has 3 heteroatoms. The molecule has 2 N–H and O–H groups in total. The van der Waals surface area contributed by atoms with Crippen molar-refractivity contribution in [2.45, 2.75) is 18.9 Å². The predicted octanol–water partition coefficient (Wildman–Crippen LogP) is 0.685. The molecule has 0 aromatic heterocycles. The molecule has 0 bridgehead atoms. The zero-order valence-corrected chi connectivity index (χ0v) is 6.59. The molecular weight excluding hydrogens is 217 g/mol. The molecule has 0 aromatic carbocycles. The summed E-state index contributed by atoms with van der Waals surface area (Å²) in [6.45, 7) is 0. The second-order valence-electron chi connectivity index (χ2n) is 2.17. The monoisotopic (exact) mass is 225 g/mol. The third kappa shape index (κ3) is 1.42. The molecule has 0 spiro atoms. The van der Waals surface area contributed by atoms with Crippen molar-refractivity contribution in [1.82, 2.24) is 0 Å². The molecule has 0 radical (unpaired) electrons. The highest BCUT2D eigenvalue weighted by molar-refractivity contribution is 14.1. The van der Waals surface area contributed by atoms with Gasteiger partial charge in [-0.1, -0.05) is 0 Å². The van der Waals surface area contributed by atoms with E-state index < -0.39 is 0 Å². The Bertz CT molecular complexity index is 111. The molecule has 1 aliphatic carbocycles. The molecule has 1 fully saturated rings. The third-order valence-electron chi connectivity index (χ3n) is 1.39. The van der Waals surface area contributed by atoms with Crippen molar-refractivity contribution in [1.29, 1.82) is 0 Å². The molecule has 0 amide bonds. The molecule has 1 atom stereocenters. The van der Waals surface area contributed by atoms with Crippen molar-refractivity contribution in [2.24, 2.45) is 11.7 Å². The van der Waals surface area contributed by atoms with Crippen molar-refractivity contribution < 1.29 is 4.79 Å². The summed E-state index contributed by atoms with van der Waals surface area (Å²) in [4.78, 5) is 10.5. The Morgan fingerprint density at radius 2 is 2.25 bits per heavy atom. The number of carbonyl (C=O) groups excluding carboxylic acids is 1. The van der Waals surface area contributed by atoms with Crippen LogP contribution in [-0.4, -0.2) is 9.83 Å². The zero-order chi connectivity index (χ0) is 6.15. The van der Waals surface area contributed by atoms with Crippen LogP contribution in [0.1, 0.15) is 12.8 Å². The molecule has 1 unspecified atom stereocenters. The smallest absolute Gasteiger partial charge is 0.209 e. The van der Waals surface area contributed by atoms with Gasteiger partial charge in [-0.2, -0.15) is 0 Å². The molecule has 0 heterocycles. The third-order valence-corrected chi connectivity index (χ3v) is 2.11. The Morgan fingerprint density at radius 3 is 2.38 bits per heavy atom. The van der Waals surface area contributed by atoms with Gasteiger partial charge >= 0.3 is 0 Å². The average Bonchev–Trinajstić information content (AvgIpc) is 2.43. The van der Waals surface area contributed by atoms with Crippen LogP contribution in [0.2, 0.25) is 0 Å². The maximum Gasteiger partial charge on any atom is 0.209 e. The summed E-state index contributed by atoms with van der Waals surface area (Å²) < 4.78 is 0.102. The van der Waals surface area contributed by atoms with Crippen LogP contribution >= 0.6 is 22.6 Å². The number of nitrogens with two attached hydrogens (primary N) is 1.